The van der Waals surface area contributed by atoms with E-state index >= 15 is 0 Å². The van der Waals surface area contributed by atoms with Gasteiger partial charge in [0.15, 0.2) is 0 Å². The molecule has 2 aromatic heterocycles. The third-order valence-corrected chi connectivity index (χ3v) is 3.35. The number of hydrogen-bond acceptors (Lipinski definition) is 3. The van der Waals surface area contributed by atoms with Crippen LogP contribution < -0.4 is 0 Å². The van der Waals surface area contributed by atoms with Crippen molar-refractivity contribution >= 4 is 22.7 Å². The highest BCUT2D eigenvalue weighted by Gasteiger charge is 2.01. The van der Waals surface area contributed by atoms with Crippen LogP contribution in [0.3, 0.4) is 0 Å². The van der Waals surface area contributed by atoms with E-state index in [4.69, 9.17) is 5.11 Å². The van der Waals surface area contributed by atoms with E-state index in [1.807, 2.05) is 11.4 Å². The molecular formula is C9H8OS2. The zero-order valence-electron chi connectivity index (χ0n) is 6.36. The molecular weight excluding hydrogens is 188 g/mol. The summed E-state index contributed by atoms with van der Waals surface area (Å²) in [7, 11) is 0. The van der Waals surface area contributed by atoms with E-state index in [1.165, 1.54) is 10.4 Å². The largest absolute Gasteiger partial charge is 0.392 e. The maximum atomic E-state index is 8.86. The van der Waals surface area contributed by atoms with Gasteiger partial charge in [-0.05, 0) is 33.8 Å². The molecule has 0 aliphatic rings. The van der Waals surface area contributed by atoms with Gasteiger partial charge < -0.3 is 5.11 Å². The normalized spacial score (nSPS) is 10.4. The molecule has 2 rings (SSSR count). The molecule has 0 atom stereocenters. The molecule has 0 saturated heterocycles. The Hall–Kier alpha value is -0.640. The van der Waals surface area contributed by atoms with Crippen LogP contribution in [0.25, 0.3) is 10.4 Å². The van der Waals surface area contributed by atoms with Crippen LogP contribution in [0.2, 0.25) is 0 Å². The predicted octanol–water partition coefficient (Wildman–Crippen LogP) is 2.97. The van der Waals surface area contributed by atoms with Gasteiger partial charge in [0.25, 0.3) is 0 Å². The molecule has 2 aromatic rings. The lowest BCUT2D eigenvalue weighted by molar-refractivity contribution is 0.282. The van der Waals surface area contributed by atoms with E-state index in [0.717, 1.165) is 5.56 Å². The summed E-state index contributed by atoms with van der Waals surface area (Å²) in [6.45, 7) is 0.140. The van der Waals surface area contributed by atoms with Gasteiger partial charge in [-0.15, -0.1) is 11.3 Å². The van der Waals surface area contributed by atoms with Crippen LogP contribution in [0.15, 0.2) is 28.3 Å². The molecule has 1 nitrogen and oxygen atoms in total. The van der Waals surface area contributed by atoms with Gasteiger partial charge in [-0.2, -0.15) is 11.3 Å². The first-order valence-electron chi connectivity index (χ1n) is 3.61. The second kappa shape index (κ2) is 3.39. The standard InChI is InChI=1S/C9H8OS2/c10-4-7-3-9(12-5-7)8-1-2-11-6-8/h1-3,5-6,10H,4H2. The van der Waals surface area contributed by atoms with Crippen LogP contribution in [0.1, 0.15) is 5.56 Å². The zero-order chi connectivity index (χ0) is 8.39. The summed E-state index contributed by atoms with van der Waals surface area (Å²) >= 11 is 3.37. The van der Waals surface area contributed by atoms with Crippen LogP contribution in [0.5, 0.6) is 0 Å². The topological polar surface area (TPSA) is 20.2 Å². The maximum Gasteiger partial charge on any atom is 0.0690 e. The summed E-state index contributed by atoms with van der Waals surface area (Å²) in [5.41, 5.74) is 2.26. The molecule has 0 fully saturated rings. The van der Waals surface area contributed by atoms with Crippen molar-refractivity contribution in [1.29, 1.82) is 0 Å². The summed E-state index contributed by atoms with van der Waals surface area (Å²) in [6.07, 6.45) is 0. The fourth-order valence-electron chi connectivity index (χ4n) is 1.01. The van der Waals surface area contributed by atoms with Crippen molar-refractivity contribution in [2.45, 2.75) is 6.61 Å². The number of thiophene rings is 2. The molecule has 12 heavy (non-hydrogen) atoms. The van der Waals surface area contributed by atoms with E-state index in [-0.39, 0.29) is 6.61 Å². The minimum atomic E-state index is 0.140. The third-order valence-electron chi connectivity index (χ3n) is 1.64. The van der Waals surface area contributed by atoms with Crippen LogP contribution in [0, 0.1) is 0 Å². The van der Waals surface area contributed by atoms with Crippen molar-refractivity contribution in [1.82, 2.24) is 0 Å². The van der Waals surface area contributed by atoms with E-state index in [0.29, 0.717) is 0 Å². The van der Waals surface area contributed by atoms with Crippen molar-refractivity contribution in [3.63, 3.8) is 0 Å². The first kappa shape index (κ1) is 7.98. The Morgan fingerprint density at radius 1 is 1.33 bits per heavy atom. The highest BCUT2D eigenvalue weighted by Crippen LogP contribution is 2.28. The van der Waals surface area contributed by atoms with Gasteiger partial charge in [0.1, 0.15) is 0 Å². The van der Waals surface area contributed by atoms with E-state index in [9.17, 15) is 0 Å². The number of rotatable bonds is 2. The fraction of sp³-hybridized carbons (Fsp3) is 0.111. The van der Waals surface area contributed by atoms with Gasteiger partial charge in [-0.3, -0.25) is 0 Å². The molecule has 0 unspecified atom stereocenters. The van der Waals surface area contributed by atoms with E-state index in [2.05, 4.69) is 16.8 Å². The predicted molar refractivity (Wildman–Crippen MR) is 53.6 cm³/mol. The number of aliphatic hydroxyl groups is 1. The molecule has 0 aromatic carbocycles. The molecule has 0 aliphatic heterocycles. The zero-order valence-corrected chi connectivity index (χ0v) is 7.99. The molecule has 3 heteroatoms. The molecule has 0 radical (unpaired) electrons. The van der Waals surface area contributed by atoms with Crippen LogP contribution in [-0.2, 0) is 6.61 Å². The average Bonchev–Trinajstić information content (AvgIpc) is 2.75. The lowest BCUT2D eigenvalue weighted by Gasteiger charge is -1.87. The van der Waals surface area contributed by atoms with Crippen LogP contribution in [0.4, 0.5) is 0 Å². The SMILES string of the molecule is OCc1csc(-c2ccsc2)c1. The minimum absolute atomic E-state index is 0.140. The Morgan fingerprint density at radius 2 is 2.25 bits per heavy atom. The Balaban J connectivity index is 2.35. The van der Waals surface area contributed by atoms with Crippen molar-refractivity contribution in [3.05, 3.63) is 33.8 Å². The third kappa shape index (κ3) is 1.43. The smallest absolute Gasteiger partial charge is 0.0690 e. The molecule has 0 bridgehead atoms. The lowest BCUT2D eigenvalue weighted by atomic mass is 10.2. The van der Waals surface area contributed by atoms with Gasteiger partial charge in [0, 0.05) is 10.4 Å². The molecule has 0 amide bonds. The Kier molecular flexibility index (Phi) is 2.26. The van der Waals surface area contributed by atoms with E-state index < -0.39 is 0 Å². The quantitative estimate of drug-likeness (QED) is 0.783. The summed E-state index contributed by atoms with van der Waals surface area (Å²) in [6, 6.07) is 4.13. The van der Waals surface area contributed by atoms with Crippen molar-refractivity contribution in [2.24, 2.45) is 0 Å². The lowest BCUT2D eigenvalue weighted by Crippen LogP contribution is -1.73. The highest BCUT2D eigenvalue weighted by atomic mass is 32.1. The Bertz CT molecular complexity index is 348. The number of aliphatic hydroxyl groups excluding tert-OH is 1. The second-order valence-corrected chi connectivity index (χ2v) is 4.18. The molecule has 0 spiro atoms. The number of hydrogen-bond donors (Lipinski definition) is 1. The summed E-state index contributed by atoms with van der Waals surface area (Å²) in [5, 5.41) is 15.0. The Morgan fingerprint density at radius 3 is 2.83 bits per heavy atom. The molecule has 1 N–H and O–H groups in total. The van der Waals surface area contributed by atoms with Crippen molar-refractivity contribution in [3.8, 4) is 10.4 Å². The molecule has 62 valence electrons. The summed E-state index contributed by atoms with van der Waals surface area (Å²) < 4.78 is 0. The fourth-order valence-corrected chi connectivity index (χ4v) is 2.65. The van der Waals surface area contributed by atoms with Crippen LogP contribution >= 0.6 is 22.7 Å². The van der Waals surface area contributed by atoms with Crippen molar-refractivity contribution in [2.75, 3.05) is 0 Å². The maximum absolute atomic E-state index is 8.86. The highest BCUT2D eigenvalue weighted by molar-refractivity contribution is 7.14. The second-order valence-electron chi connectivity index (χ2n) is 2.49. The summed E-state index contributed by atoms with van der Waals surface area (Å²) in [4.78, 5) is 1.24. The molecule has 2 heterocycles. The first-order valence-corrected chi connectivity index (χ1v) is 5.43. The summed E-state index contributed by atoms with van der Waals surface area (Å²) in [5.74, 6) is 0. The minimum Gasteiger partial charge on any atom is -0.392 e. The van der Waals surface area contributed by atoms with Gasteiger partial charge in [-0.25, -0.2) is 0 Å². The van der Waals surface area contributed by atoms with Gasteiger partial charge >= 0.3 is 0 Å². The average molecular weight is 196 g/mol. The monoisotopic (exact) mass is 196 g/mol. The van der Waals surface area contributed by atoms with Crippen molar-refractivity contribution < 1.29 is 5.11 Å². The Labute approximate surface area is 78.9 Å². The molecule has 0 saturated carbocycles. The van der Waals surface area contributed by atoms with Gasteiger partial charge in [0.05, 0.1) is 6.61 Å². The van der Waals surface area contributed by atoms with Crippen LogP contribution in [-0.4, -0.2) is 5.11 Å². The van der Waals surface area contributed by atoms with E-state index in [1.54, 1.807) is 22.7 Å². The first-order chi connectivity index (χ1) is 5.90. The van der Waals surface area contributed by atoms with Gasteiger partial charge in [-0.1, -0.05) is 0 Å². The molecule has 0 aliphatic carbocycles. The van der Waals surface area contributed by atoms with Gasteiger partial charge in [0.2, 0.25) is 0 Å².